The molecular formula is C11H10N2O4S2. The van der Waals surface area contributed by atoms with E-state index in [2.05, 4.69) is 4.98 Å². The lowest BCUT2D eigenvalue weighted by Crippen LogP contribution is -2.29. The Morgan fingerprint density at radius 1 is 1.42 bits per heavy atom. The maximum Gasteiger partial charge on any atom is 0.278 e. The van der Waals surface area contributed by atoms with E-state index < -0.39 is 15.9 Å². The minimum absolute atomic E-state index is 0.194. The van der Waals surface area contributed by atoms with E-state index in [0.29, 0.717) is 10.9 Å². The first-order valence-corrected chi connectivity index (χ1v) is 7.91. The zero-order valence-electron chi connectivity index (χ0n) is 9.86. The van der Waals surface area contributed by atoms with Crippen molar-refractivity contribution in [1.82, 2.24) is 9.71 Å². The summed E-state index contributed by atoms with van der Waals surface area (Å²) in [5.74, 6) is -0.289. The molecule has 0 fully saturated rings. The molecule has 0 bridgehead atoms. The van der Waals surface area contributed by atoms with Crippen LogP contribution in [0.25, 0.3) is 0 Å². The topological polar surface area (TPSA) is 85.4 Å². The second kappa shape index (κ2) is 5.37. The summed E-state index contributed by atoms with van der Waals surface area (Å²) < 4.78 is 29.3. The Balaban J connectivity index is 2.17. The molecule has 0 saturated carbocycles. The smallest absolute Gasteiger partial charge is 0.278 e. The van der Waals surface area contributed by atoms with Gasteiger partial charge in [0.1, 0.15) is 5.75 Å². The van der Waals surface area contributed by atoms with Crippen molar-refractivity contribution in [2.24, 2.45) is 0 Å². The quantitative estimate of drug-likeness (QED) is 0.927. The van der Waals surface area contributed by atoms with E-state index in [1.54, 1.807) is 23.7 Å². The first kappa shape index (κ1) is 13.5. The van der Waals surface area contributed by atoms with E-state index in [0.717, 1.165) is 6.26 Å². The summed E-state index contributed by atoms with van der Waals surface area (Å²) in [5.41, 5.74) is 0.194. The molecule has 0 radical (unpaired) electrons. The first-order chi connectivity index (χ1) is 8.94. The van der Waals surface area contributed by atoms with E-state index in [9.17, 15) is 13.2 Å². The van der Waals surface area contributed by atoms with Crippen LogP contribution in [0.5, 0.6) is 10.9 Å². The molecule has 1 N–H and O–H groups in total. The fraction of sp³-hybridized carbons (Fsp3) is 0.0909. The summed E-state index contributed by atoms with van der Waals surface area (Å²) in [6.07, 6.45) is 2.51. The van der Waals surface area contributed by atoms with Crippen molar-refractivity contribution in [1.29, 1.82) is 0 Å². The van der Waals surface area contributed by atoms with Gasteiger partial charge < -0.3 is 4.74 Å². The van der Waals surface area contributed by atoms with Gasteiger partial charge >= 0.3 is 0 Å². The normalized spacial score (nSPS) is 11.0. The van der Waals surface area contributed by atoms with Gasteiger partial charge in [-0.1, -0.05) is 17.4 Å². The van der Waals surface area contributed by atoms with Gasteiger partial charge in [-0.25, -0.2) is 18.1 Å². The summed E-state index contributed by atoms with van der Waals surface area (Å²) in [6.45, 7) is 0. The zero-order valence-corrected chi connectivity index (χ0v) is 11.5. The van der Waals surface area contributed by atoms with Gasteiger partial charge in [0.2, 0.25) is 10.0 Å². The highest BCUT2D eigenvalue weighted by atomic mass is 32.2. The van der Waals surface area contributed by atoms with Crippen LogP contribution in [0.1, 0.15) is 10.4 Å². The SMILES string of the molecule is CS(=O)(=O)NC(=O)c1cccc(Oc2nccs2)c1. The number of hydrogen-bond acceptors (Lipinski definition) is 6. The number of amides is 1. The molecule has 0 unspecified atom stereocenters. The summed E-state index contributed by atoms with van der Waals surface area (Å²) in [5, 5.41) is 2.20. The molecule has 0 spiro atoms. The third-order valence-electron chi connectivity index (χ3n) is 1.99. The van der Waals surface area contributed by atoms with Crippen LogP contribution in [-0.2, 0) is 10.0 Å². The molecule has 8 heteroatoms. The number of nitrogens with one attached hydrogen (secondary N) is 1. The lowest BCUT2D eigenvalue weighted by molar-refractivity contribution is 0.0981. The molecule has 0 atom stereocenters. The molecular weight excluding hydrogens is 288 g/mol. The Morgan fingerprint density at radius 2 is 2.21 bits per heavy atom. The third kappa shape index (κ3) is 4.04. The largest absolute Gasteiger partial charge is 0.431 e. The number of rotatable bonds is 4. The van der Waals surface area contributed by atoms with Crippen LogP contribution in [0, 0.1) is 0 Å². The number of benzene rings is 1. The van der Waals surface area contributed by atoms with E-state index in [1.807, 2.05) is 4.72 Å². The molecule has 1 heterocycles. The van der Waals surface area contributed by atoms with Crippen LogP contribution in [0.4, 0.5) is 0 Å². The Morgan fingerprint density at radius 3 is 2.84 bits per heavy atom. The van der Waals surface area contributed by atoms with Gasteiger partial charge in [0.25, 0.3) is 11.1 Å². The number of carbonyl (C=O) groups is 1. The van der Waals surface area contributed by atoms with Crippen LogP contribution in [0.15, 0.2) is 35.8 Å². The summed E-state index contributed by atoms with van der Waals surface area (Å²) in [6, 6.07) is 6.19. The number of ether oxygens (including phenoxy) is 1. The average Bonchev–Trinajstić information content (AvgIpc) is 2.80. The highest BCUT2D eigenvalue weighted by Crippen LogP contribution is 2.23. The number of nitrogens with zero attached hydrogens (tertiary/aromatic N) is 1. The minimum atomic E-state index is -3.58. The summed E-state index contributed by atoms with van der Waals surface area (Å²) in [7, 11) is -3.58. The molecule has 2 rings (SSSR count). The predicted octanol–water partition coefficient (Wildman–Crippen LogP) is 1.62. The fourth-order valence-electron chi connectivity index (χ4n) is 1.29. The molecule has 0 aliphatic heterocycles. The molecule has 0 aliphatic carbocycles. The lowest BCUT2D eigenvalue weighted by Gasteiger charge is -2.05. The zero-order chi connectivity index (χ0) is 13.9. The number of sulfonamides is 1. The monoisotopic (exact) mass is 298 g/mol. The van der Waals surface area contributed by atoms with Crippen LogP contribution >= 0.6 is 11.3 Å². The Hall–Kier alpha value is -1.93. The van der Waals surface area contributed by atoms with Crippen LogP contribution in [0.3, 0.4) is 0 Å². The number of carbonyl (C=O) groups excluding carboxylic acids is 1. The molecule has 2 aromatic rings. The van der Waals surface area contributed by atoms with Crippen molar-refractivity contribution in [2.75, 3.05) is 6.26 Å². The van der Waals surface area contributed by atoms with Gasteiger partial charge in [-0.2, -0.15) is 0 Å². The highest BCUT2D eigenvalue weighted by Gasteiger charge is 2.12. The Kier molecular flexibility index (Phi) is 3.82. The van der Waals surface area contributed by atoms with Crippen molar-refractivity contribution in [3.63, 3.8) is 0 Å². The highest BCUT2D eigenvalue weighted by molar-refractivity contribution is 7.89. The molecule has 1 aromatic carbocycles. The predicted molar refractivity (Wildman–Crippen MR) is 70.9 cm³/mol. The minimum Gasteiger partial charge on any atom is -0.431 e. The molecule has 6 nitrogen and oxygen atoms in total. The maximum absolute atomic E-state index is 11.7. The fourth-order valence-corrected chi connectivity index (χ4v) is 2.25. The lowest BCUT2D eigenvalue weighted by atomic mass is 10.2. The van der Waals surface area contributed by atoms with Crippen LogP contribution in [-0.4, -0.2) is 25.6 Å². The molecule has 0 saturated heterocycles. The molecule has 19 heavy (non-hydrogen) atoms. The van der Waals surface area contributed by atoms with E-state index in [1.165, 1.54) is 23.5 Å². The summed E-state index contributed by atoms with van der Waals surface area (Å²) >= 11 is 1.31. The molecule has 1 amide bonds. The Bertz CT molecular complexity index is 680. The van der Waals surface area contributed by atoms with E-state index in [-0.39, 0.29) is 5.56 Å². The van der Waals surface area contributed by atoms with Crippen LogP contribution in [0.2, 0.25) is 0 Å². The third-order valence-corrected chi connectivity index (χ3v) is 3.19. The van der Waals surface area contributed by atoms with Crippen molar-refractivity contribution < 1.29 is 17.9 Å². The molecule has 0 aliphatic rings. The van der Waals surface area contributed by atoms with Gasteiger partial charge in [-0.05, 0) is 18.2 Å². The second-order valence-electron chi connectivity index (χ2n) is 3.63. The molecule has 100 valence electrons. The van der Waals surface area contributed by atoms with Gasteiger partial charge in [-0.3, -0.25) is 4.79 Å². The van der Waals surface area contributed by atoms with Crippen molar-refractivity contribution in [2.45, 2.75) is 0 Å². The van der Waals surface area contributed by atoms with E-state index in [4.69, 9.17) is 4.74 Å². The second-order valence-corrected chi connectivity index (χ2v) is 6.24. The number of aromatic nitrogens is 1. The van der Waals surface area contributed by atoms with Gasteiger partial charge in [-0.15, -0.1) is 0 Å². The van der Waals surface area contributed by atoms with Gasteiger partial charge in [0.15, 0.2) is 0 Å². The van der Waals surface area contributed by atoms with Gasteiger partial charge in [0.05, 0.1) is 6.26 Å². The average molecular weight is 298 g/mol. The number of thiazole rings is 1. The van der Waals surface area contributed by atoms with Crippen molar-refractivity contribution >= 4 is 27.3 Å². The van der Waals surface area contributed by atoms with Crippen LogP contribution < -0.4 is 9.46 Å². The molecule has 1 aromatic heterocycles. The van der Waals surface area contributed by atoms with Crippen molar-refractivity contribution in [3.05, 3.63) is 41.4 Å². The number of hydrogen-bond donors (Lipinski definition) is 1. The van der Waals surface area contributed by atoms with Crippen molar-refractivity contribution in [3.8, 4) is 10.9 Å². The standard InChI is InChI=1S/C11H10N2O4S2/c1-19(15,16)13-10(14)8-3-2-4-9(7-8)17-11-12-5-6-18-11/h2-7H,1H3,(H,13,14). The maximum atomic E-state index is 11.7. The first-order valence-electron chi connectivity index (χ1n) is 5.13. The Labute approximate surface area is 114 Å². The van der Waals surface area contributed by atoms with E-state index >= 15 is 0 Å². The van der Waals surface area contributed by atoms with Gasteiger partial charge in [0, 0.05) is 17.1 Å². The summed E-state index contributed by atoms with van der Waals surface area (Å²) in [4.78, 5) is 15.6.